The molecule has 0 spiro atoms. The third-order valence-corrected chi connectivity index (χ3v) is 3.66. The van der Waals surface area contributed by atoms with Gasteiger partial charge in [-0.2, -0.15) is 0 Å². The average molecular weight is 267 g/mol. The Morgan fingerprint density at radius 3 is 2.85 bits per heavy atom. The molecule has 1 aromatic carbocycles. The van der Waals surface area contributed by atoms with Gasteiger partial charge in [0.05, 0.1) is 17.4 Å². The lowest BCUT2D eigenvalue weighted by Gasteiger charge is -2.25. The third-order valence-electron chi connectivity index (χ3n) is 3.66. The number of hydrogen-bond donors (Lipinski definition) is 2. The number of pyridine rings is 1. The Balaban J connectivity index is 1.72. The van der Waals surface area contributed by atoms with Crippen LogP contribution in [0.5, 0.6) is 0 Å². The molecule has 20 heavy (non-hydrogen) atoms. The van der Waals surface area contributed by atoms with E-state index in [0.29, 0.717) is 0 Å². The van der Waals surface area contributed by atoms with Crippen LogP contribution >= 0.6 is 0 Å². The summed E-state index contributed by atoms with van der Waals surface area (Å²) in [5.41, 5.74) is 4.12. The molecule has 0 saturated carbocycles. The van der Waals surface area contributed by atoms with Gasteiger partial charge in [-0.3, -0.25) is 9.78 Å². The minimum absolute atomic E-state index is 0.00407. The largest absolute Gasteiger partial charge is 0.323 e. The van der Waals surface area contributed by atoms with Gasteiger partial charge in [-0.25, -0.2) is 0 Å². The van der Waals surface area contributed by atoms with Gasteiger partial charge in [-0.1, -0.05) is 24.3 Å². The number of aryl methyl sites for hydroxylation is 1. The molecule has 1 unspecified atom stereocenters. The topological polar surface area (TPSA) is 54.0 Å². The first-order valence-electron chi connectivity index (χ1n) is 6.76. The van der Waals surface area contributed by atoms with Crippen molar-refractivity contribution in [3.05, 3.63) is 59.4 Å². The fourth-order valence-corrected chi connectivity index (χ4v) is 2.48. The number of anilines is 1. The van der Waals surface area contributed by atoms with E-state index in [1.165, 1.54) is 11.1 Å². The molecule has 1 aliphatic rings. The molecule has 0 fully saturated rings. The standard InChI is InChI=1S/C16H17N3O/c1-11-14(7-4-8-17-11)19-16(20)15-9-12-5-2-3-6-13(12)10-18-15/h2-8,15,18H,9-10H2,1H3,(H,19,20). The zero-order valence-corrected chi connectivity index (χ0v) is 11.4. The SMILES string of the molecule is Cc1ncccc1NC(=O)C1Cc2ccccc2CN1. The molecule has 2 heterocycles. The number of nitrogens with one attached hydrogen (secondary N) is 2. The first-order valence-corrected chi connectivity index (χ1v) is 6.76. The Labute approximate surface area is 118 Å². The summed E-state index contributed by atoms with van der Waals surface area (Å²) >= 11 is 0. The van der Waals surface area contributed by atoms with Crippen LogP contribution in [0.15, 0.2) is 42.6 Å². The van der Waals surface area contributed by atoms with Gasteiger partial charge in [0.25, 0.3) is 0 Å². The van der Waals surface area contributed by atoms with Crippen LogP contribution in [0, 0.1) is 6.92 Å². The number of nitrogens with zero attached hydrogens (tertiary/aromatic N) is 1. The first-order chi connectivity index (χ1) is 9.74. The van der Waals surface area contributed by atoms with Gasteiger partial charge in [0.1, 0.15) is 0 Å². The molecule has 2 N–H and O–H groups in total. The van der Waals surface area contributed by atoms with Gasteiger partial charge >= 0.3 is 0 Å². The third kappa shape index (κ3) is 2.56. The number of carbonyl (C=O) groups is 1. The van der Waals surface area contributed by atoms with Crippen LogP contribution in [0.1, 0.15) is 16.8 Å². The van der Waals surface area contributed by atoms with E-state index in [0.717, 1.165) is 24.3 Å². The lowest BCUT2D eigenvalue weighted by molar-refractivity contribution is -0.118. The van der Waals surface area contributed by atoms with Crippen LogP contribution in [0.4, 0.5) is 5.69 Å². The maximum absolute atomic E-state index is 12.3. The lowest BCUT2D eigenvalue weighted by Crippen LogP contribution is -2.44. The highest BCUT2D eigenvalue weighted by atomic mass is 16.2. The van der Waals surface area contributed by atoms with Crippen LogP contribution in [0.25, 0.3) is 0 Å². The maximum Gasteiger partial charge on any atom is 0.241 e. The van der Waals surface area contributed by atoms with Gasteiger partial charge < -0.3 is 10.6 Å². The minimum Gasteiger partial charge on any atom is -0.323 e. The van der Waals surface area contributed by atoms with Crippen LogP contribution in [0.3, 0.4) is 0 Å². The smallest absolute Gasteiger partial charge is 0.241 e. The summed E-state index contributed by atoms with van der Waals surface area (Å²) in [5.74, 6) is -0.00407. The number of carbonyl (C=O) groups excluding carboxylic acids is 1. The van der Waals surface area contributed by atoms with Gasteiger partial charge in [0.2, 0.25) is 5.91 Å². The second-order valence-electron chi connectivity index (χ2n) is 5.03. The molecule has 2 aromatic rings. The fraction of sp³-hybridized carbons (Fsp3) is 0.250. The van der Waals surface area contributed by atoms with Crippen molar-refractivity contribution >= 4 is 11.6 Å². The van der Waals surface area contributed by atoms with E-state index < -0.39 is 0 Å². The molecule has 1 atom stereocenters. The summed E-state index contributed by atoms with van der Waals surface area (Å²) in [6.45, 7) is 2.62. The molecule has 1 aromatic heterocycles. The second kappa shape index (κ2) is 5.43. The fourth-order valence-electron chi connectivity index (χ4n) is 2.48. The molecule has 4 nitrogen and oxygen atoms in total. The molecular formula is C16H17N3O. The Hall–Kier alpha value is -2.20. The Kier molecular flexibility index (Phi) is 3.48. The minimum atomic E-state index is -0.190. The molecule has 0 radical (unpaired) electrons. The molecule has 0 bridgehead atoms. The predicted molar refractivity (Wildman–Crippen MR) is 78.4 cm³/mol. The Bertz CT molecular complexity index is 639. The molecule has 102 valence electrons. The number of aromatic nitrogens is 1. The van der Waals surface area contributed by atoms with Crippen molar-refractivity contribution in [3.63, 3.8) is 0 Å². The van der Waals surface area contributed by atoms with Crippen LogP contribution in [0.2, 0.25) is 0 Å². The maximum atomic E-state index is 12.3. The zero-order chi connectivity index (χ0) is 13.9. The average Bonchev–Trinajstić information content (AvgIpc) is 2.49. The van der Waals surface area contributed by atoms with E-state index in [2.05, 4.69) is 27.8 Å². The summed E-state index contributed by atoms with van der Waals surface area (Å²) in [4.78, 5) is 16.5. The van der Waals surface area contributed by atoms with Gasteiger partial charge in [-0.15, -0.1) is 0 Å². The molecule has 3 rings (SSSR count). The van der Waals surface area contributed by atoms with Crippen molar-refractivity contribution in [3.8, 4) is 0 Å². The number of benzene rings is 1. The zero-order valence-electron chi connectivity index (χ0n) is 11.4. The van der Waals surface area contributed by atoms with Crippen LogP contribution in [-0.4, -0.2) is 16.9 Å². The summed E-state index contributed by atoms with van der Waals surface area (Å²) < 4.78 is 0. The monoisotopic (exact) mass is 267 g/mol. The molecule has 0 saturated heterocycles. The van der Waals surface area contributed by atoms with E-state index >= 15 is 0 Å². The van der Waals surface area contributed by atoms with Gasteiger partial charge in [-0.05, 0) is 36.6 Å². The Morgan fingerprint density at radius 1 is 1.25 bits per heavy atom. The van der Waals surface area contributed by atoms with Crippen LogP contribution < -0.4 is 10.6 Å². The molecule has 4 heteroatoms. The normalized spacial score (nSPS) is 17.4. The van der Waals surface area contributed by atoms with E-state index in [1.54, 1.807) is 6.20 Å². The number of hydrogen-bond acceptors (Lipinski definition) is 3. The quantitative estimate of drug-likeness (QED) is 0.875. The Morgan fingerprint density at radius 2 is 2.05 bits per heavy atom. The highest BCUT2D eigenvalue weighted by Gasteiger charge is 2.24. The highest BCUT2D eigenvalue weighted by Crippen LogP contribution is 2.18. The number of amides is 1. The first kappa shape index (κ1) is 12.8. The van der Waals surface area contributed by atoms with Gasteiger partial charge in [0, 0.05) is 12.7 Å². The summed E-state index contributed by atoms with van der Waals surface area (Å²) in [5, 5.41) is 6.23. The molecule has 0 aliphatic carbocycles. The van der Waals surface area contributed by atoms with E-state index in [-0.39, 0.29) is 11.9 Å². The van der Waals surface area contributed by atoms with Crippen molar-refractivity contribution in [2.45, 2.75) is 25.9 Å². The van der Waals surface area contributed by atoms with Crippen LogP contribution in [-0.2, 0) is 17.8 Å². The van der Waals surface area contributed by atoms with E-state index in [4.69, 9.17) is 0 Å². The number of rotatable bonds is 2. The molecular weight excluding hydrogens is 250 g/mol. The van der Waals surface area contributed by atoms with Crippen molar-refractivity contribution < 1.29 is 4.79 Å². The van der Waals surface area contributed by atoms with Crippen molar-refractivity contribution in [1.82, 2.24) is 10.3 Å². The van der Waals surface area contributed by atoms with Gasteiger partial charge in [0.15, 0.2) is 0 Å². The second-order valence-corrected chi connectivity index (χ2v) is 5.03. The van der Waals surface area contributed by atoms with Crippen molar-refractivity contribution in [1.29, 1.82) is 0 Å². The van der Waals surface area contributed by atoms with Crippen molar-refractivity contribution in [2.24, 2.45) is 0 Å². The van der Waals surface area contributed by atoms with Crippen molar-refractivity contribution in [2.75, 3.05) is 5.32 Å². The summed E-state index contributed by atoms with van der Waals surface area (Å²) in [7, 11) is 0. The predicted octanol–water partition coefficient (Wildman–Crippen LogP) is 2.04. The highest BCUT2D eigenvalue weighted by molar-refractivity contribution is 5.95. The van der Waals surface area contributed by atoms with E-state index in [1.807, 2.05) is 31.2 Å². The summed E-state index contributed by atoms with van der Waals surface area (Å²) in [6.07, 6.45) is 2.45. The summed E-state index contributed by atoms with van der Waals surface area (Å²) in [6, 6.07) is 11.7. The molecule has 1 aliphatic heterocycles. The number of fused-ring (bicyclic) bond motifs is 1. The van der Waals surface area contributed by atoms with E-state index in [9.17, 15) is 4.79 Å². The lowest BCUT2D eigenvalue weighted by atomic mass is 9.95. The molecule has 1 amide bonds.